The molecule has 3 rings (SSSR count). The lowest BCUT2D eigenvalue weighted by Gasteiger charge is -2.33. The largest absolute Gasteiger partial charge is 0.393 e. The van der Waals surface area contributed by atoms with Crippen LogP contribution in [0, 0.1) is 12.8 Å². The van der Waals surface area contributed by atoms with E-state index in [-0.39, 0.29) is 37.1 Å². The van der Waals surface area contributed by atoms with E-state index in [4.69, 9.17) is 0 Å². The number of anilines is 1. The Balaban J connectivity index is 1.63. The fourth-order valence-corrected chi connectivity index (χ4v) is 5.40. The van der Waals surface area contributed by atoms with E-state index >= 15 is 0 Å². The van der Waals surface area contributed by atoms with Gasteiger partial charge in [-0.15, -0.1) is 0 Å². The lowest BCUT2D eigenvalue weighted by atomic mass is 9.97. The van der Waals surface area contributed by atoms with Gasteiger partial charge in [0.05, 0.1) is 35.7 Å². The van der Waals surface area contributed by atoms with Gasteiger partial charge >= 0.3 is 6.18 Å². The molecule has 0 spiro atoms. The number of piperidine rings is 1. The molecule has 3 heterocycles. The number of carbonyl (C=O) groups is 1. The fraction of sp³-hybridized carbons (Fsp3) is 0.750. The zero-order valence-corrected chi connectivity index (χ0v) is 15.8. The first kappa shape index (κ1) is 20.1. The Kier molecular flexibility index (Phi) is 5.53. The lowest BCUT2D eigenvalue weighted by molar-refractivity contribution is -0.186. The van der Waals surface area contributed by atoms with Crippen molar-refractivity contribution >= 4 is 21.6 Å². The predicted molar refractivity (Wildman–Crippen MR) is 93.1 cm³/mol. The number of sulfone groups is 1. The number of aromatic nitrogens is 2. The topological polar surface area (TPSA) is 84.3 Å². The van der Waals surface area contributed by atoms with Crippen molar-refractivity contribution in [1.82, 2.24) is 14.7 Å². The molecular formula is C16H23F3N4O3S. The molecule has 7 nitrogen and oxygen atoms in total. The molecular weight excluding hydrogens is 385 g/mol. The molecule has 2 atom stereocenters. The Bertz CT molecular complexity index is 806. The van der Waals surface area contributed by atoms with Crippen LogP contribution in [0.2, 0.25) is 0 Å². The van der Waals surface area contributed by atoms with Gasteiger partial charge in [-0.3, -0.25) is 9.69 Å². The summed E-state index contributed by atoms with van der Waals surface area (Å²) < 4.78 is 63.6. The third kappa shape index (κ3) is 5.01. The third-order valence-corrected chi connectivity index (χ3v) is 6.77. The van der Waals surface area contributed by atoms with Crippen LogP contribution in [-0.4, -0.2) is 66.3 Å². The second kappa shape index (κ2) is 7.42. The van der Waals surface area contributed by atoms with Crippen LogP contribution in [0.5, 0.6) is 0 Å². The molecule has 11 heteroatoms. The predicted octanol–water partition coefficient (Wildman–Crippen LogP) is 1.76. The van der Waals surface area contributed by atoms with Crippen LogP contribution >= 0.6 is 0 Å². The monoisotopic (exact) mass is 408 g/mol. The number of hydrogen-bond acceptors (Lipinski definition) is 5. The smallest absolute Gasteiger partial charge is 0.310 e. The van der Waals surface area contributed by atoms with Crippen LogP contribution in [0.25, 0.3) is 0 Å². The van der Waals surface area contributed by atoms with Crippen LogP contribution in [0.4, 0.5) is 19.0 Å². The lowest BCUT2D eigenvalue weighted by Crippen LogP contribution is -2.44. The number of halogens is 3. The van der Waals surface area contributed by atoms with Gasteiger partial charge < -0.3 is 5.32 Å². The third-order valence-electron chi connectivity index (χ3n) is 5.02. The quantitative estimate of drug-likeness (QED) is 0.821. The van der Waals surface area contributed by atoms with Gasteiger partial charge in [0, 0.05) is 12.6 Å². The Morgan fingerprint density at radius 3 is 2.74 bits per heavy atom. The van der Waals surface area contributed by atoms with E-state index in [0.717, 1.165) is 0 Å². The molecule has 1 N–H and O–H groups in total. The highest BCUT2D eigenvalue weighted by Gasteiger charge is 2.42. The maximum Gasteiger partial charge on any atom is 0.393 e. The molecule has 1 amide bonds. The highest BCUT2D eigenvalue weighted by atomic mass is 32.2. The number of nitrogens with one attached hydrogen (secondary N) is 1. The Labute approximate surface area is 155 Å². The highest BCUT2D eigenvalue weighted by Crippen LogP contribution is 2.33. The minimum atomic E-state index is -4.25. The number of likely N-dealkylation sites (tertiary alicyclic amines) is 1. The summed E-state index contributed by atoms with van der Waals surface area (Å²) in [6, 6.07) is 1.29. The van der Waals surface area contributed by atoms with E-state index in [1.165, 1.54) is 9.58 Å². The normalized spacial score (nSPS) is 26.2. The van der Waals surface area contributed by atoms with Gasteiger partial charge in [0.15, 0.2) is 9.84 Å². The molecule has 0 aliphatic carbocycles. The van der Waals surface area contributed by atoms with Gasteiger partial charge in [0.2, 0.25) is 5.91 Å². The zero-order valence-electron chi connectivity index (χ0n) is 15.0. The van der Waals surface area contributed by atoms with E-state index in [2.05, 4.69) is 10.4 Å². The first-order valence-corrected chi connectivity index (χ1v) is 10.7. The molecule has 0 aromatic carbocycles. The molecule has 2 aliphatic rings. The summed E-state index contributed by atoms with van der Waals surface area (Å²) in [6.45, 7) is 1.85. The van der Waals surface area contributed by atoms with Crippen molar-refractivity contribution < 1.29 is 26.4 Å². The van der Waals surface area contributed by atoms with E-state index in [1.54, 1.807) is 13.0 Å². The summed E-state index contributed by atoms with van der Waals surface area (Å²) in [7, 11) is -3.11. The molecule has 2 fully saturated rings. The minimum Gasteiger partial charge on any atom is -0.310 e. The van der Waals surface area contributed by atoms with Gasteiger partial charge in [-0.2, -0.15) is 18.3 Å². The van der Waals surface area contributed by atoms with Crippen LogP contribution in [-0.2, 0) is 14.6 Å². The fourth-order valence-electron chi connectivity index (χ4n) is 3.71. The van der Waals surface area contributed by atoms with Gasteiger partial charge in [-0.05, 0) is 32.7 Å². The van der Waals surface area contributed by atoms with Crippen molar-refractivity contribution in [3.63, 3.8) is 0 Å². The van der Waals surface area contributed by atoms with Crippen molar-refractivity contribution in [3.8, 4) is 0 Å². The number of rotatable bonds is 4. The van der Waals surface area contributed by atoms with Crippen LogP contribution < -0.4 is 5.32 Å². The maximum absolute atomic E-state index is 12.9. The molecule has 1 aromatic heterocycles. The van der Waals surface area contributed by atoms with Gasteiger partial charge in [0.25, 0.3) is 0 Å². The average Bonchev–Trinajstić information content (AvgIpc) is 3.08. The average molecular weight is 408 g/mol. The molecule has 2 unspecified atom stereocenters. The molecule has 2 saturated heterocycles. The van der Waals surface area contributed by atoms with E-state index in [0.29, 0.717) is 30.9 Å². The standard InChI is InChI=1S/C16H23F3N4O3S/c1-11-7-14(23(21-11)13-4-6-27(25,26)10-13)20-15(24)9-22-5-2-3-12(8-22)16(17,18)19/h7,12-13H,2-6,8-10H2,1H3,(H,20,24). The molecule has 0 bridgehead atoms. The molecule has 0 saturated carbocycles. The number of alkyl halides is 3. The van der Waals surface area contributed by atoms with E-state index in [1.807, 2.05) is 0 Å². The van der Waals surface area contributed by atoms with Gasteiger partial charge in [0.1, 0.15) is 5.82 Å². The molecule has 152 valence electrons. The molecule has 27 heavy (non-hydrogen) atoms. The van der Waals surface area contributed by atoms with Crippen molar-refractivity contribution in [3.05, 3.63) is 11.8 Å². The Hall–Kier alpha value is -1.62. The van der Waals surface area contributed by atoms with Gasteiger partial charge in [-0.1, -0.05) is 0 Å². The van der Waals surface area contributed by atoms with Crippen LogP contribution in [0.15, 0.2) is 6.07 Å². The number of amides is 1. The number of hydrogen-bond donors (Lipinski definition) is 1. The number of carbonyl (C=O) groups excluding carboxylic acids is 1. The first-order valence-electron chi connectivity index (χ1n) is 8.89. The molecule has 2 aliphatic heterocycles. The SMILES string of the molecule is Cc1cc(NC(=O)CN2CCCC(C(F)(F)F)C2)n(C2CCS(=O)(=O)C2)n1. The summed E-state index contributed by atoms with van der Waals surface area (Å²) in [5.74, 6) is -1.41. The van der Waals surface area contributed by atoms with Crippen molar-refractivity contribution in [1.29, 1.82) is 0 Å². The van der Waals surface area contributed by atoms with Crippen LogP contribution in [0.1, 0.15) is 31.0 Å². The Morgan fingerprint density at radius 2 is 2.11 bits per heavy atom. The zero-order chi connectivity index (χ0) is 19.8. The summed E-state index contributed by atoms with van der Waals surface area (Å²) in [4.78, 5) is 13.9. The molecule has 1 aromatic rings. The summed E-state index contributed by atoms with van der Waals surface area (Å²) in [5, 5.41) is 6.96. The summed E-state index contributed by atoms with van der Waals surface area (Å²) in [6.07, 6.45) is -3.34. The second-order valence-electron chi connectivity index (χ2n) is 7.34. The van der Waals surface area contributed by atoms with Crippen molar-refractivity contribution in [2.45, 2.75) is 38.4 Å². The van der Waals surface area contributed by atoms with Crippen molar-refractivity contribution in [2.24, 2.45) is 5.92 Å². The summed E-state index contributed by atoms with van der Waals surface area (Å²) >= 11 is 0. The number of aryl methyl sites for hydroxylation is 1. The van der Waals surface area contributed by atoms with Gasteiger partial charge in [-0.25, -0.2) is 13.1 Å². The summed E-state index contributed by atoms with van der Waals surface area (Å²) in [5.41, 5.74) is 0.629. The Morgan fingerprint density at radius 1 is 1.37 bits per heavy atom. The highest BCUT2D eigenvalue weighted by molar-refractivity contribution is 7.91. The van der Waals surface area contributed by atoms with E-state index < -0.39 is 27.8 Å². The maximum atomic E-state index is 12.9. The molecule has 0 radical (unpaired) electrons. The minimum absolute atomic E-state index is 0.0314. The van der Waals surface area contributed by atoms with E-state index in [9.17, 15) is 26.4 Å². The van der Waals surface area contributed by atoms with Crippen molar-refractivity contribution in [2.75, 3.05) is 36.5 Å². The first-order chi connectivity index (χ1) is 12.5. The number of nitrogens with zero attached hydrogens (tertiary/aromatic N) is 3. The van der Waals surface area contributed by atoms with Crippen LogP contribution in [0.3, 0.4) is 0 Å². The second-order valence-corrected chi connectivity index (χ2v) is 9.57.